The van der Waals surface area contributed by atoms with Gasteiger partial charge in [0.15, 0.2) is 0 Å². The van der Waals surface area contributed by atoms with E-state index in [0.29, 0.717) is 19.5 Å². The largest absolute Gasteiger partial charge is 0.496 e. The molecule has 5 nitrogen and oxygen atoms in total. The number of amides is 1. The lowest BCUT2D eigenvalue weighted by atomic mass is 10.1. The van der Waals surface area contributed by atoms with E-state index in [-0.39, 0.29) is 5.91 Å². The molecule has 19 heavy (non-hydrogen) atoms. The average molecular weight is 266 g/mol. The van der Waals surface area contributed by atoms with Crippen LogP contribution in [0.2, 0.25) is 0 Å². The van der Waals surface area contributed by atoms with Crippen LogP contribution in [0.15, 0.2) is 12.1 Å². The number of aryl methyl sites for hydroxylation is 1. The number of methoxy groups -OCH3 is 2. The Morgan fingerprint density at radius 1 is 1.21 bits per heavy atom. The van der Waals surface area contributed by atoms with Gasteiger partial charge in [-0.2, -0.15) is 0 Å². The van der Waals surface area contributed by atoms with E-state index in [0.717, 1.165) is 22.6 Å². The van der Waals surface area contributed by atoms with E-state index >= 15 is 0 Å². The molecule has 0 heterocycles. The highest BCUT2D eigenvalue weighted by Gasteiger charge is 2.09. The van der Waals surface area contributed by atoms with Crippen LogP contribution in [-0.2, 0) is 11.3 Å². The third-order valence-electron chi connectivity index (χ3n) is 2.88. The van der Waals surface area contributed by atoms with Gasteiger partial charge in [0.05, 0.1) is 14.2 Å². The molecule has 0 bridgehead atoms. The highest BCUT2D eigenvalue weighted by atomic mass is 16.5. The molecule has 0 atom stereocenters. The summed E-state index contributed by atoms with van der Waals surface area (Å²) < 4.78 is 10.6. The van der Waals surface area contributed by atoms with E-state index in [1.165, 1.54) is 0 Å². The molecule has 0 radical (unpaired) electrons. The highest BCUT2D eigenvalue weighted by molar-refractivity contribution is 5.76. The van der Waals surface area contributed by atoms with Crippen molar-refractivity contribution in [1.82, 2.24) is 10.6 Å². The Morgan fingerprint density at radius 2 is 1.89 bits per heavy atom. The third kappa shape index (κ3) is 4.44. The Labute approximate surface area is 114 Å². The fourth-order valence-corrected chi connectivity index (χ4v) is 1.77. The number of ether oxygens (including phenoxy) is 2. The molecule has 0 aromatic heterocycles. The summed E-state index contributed by atoms with van der Waals surface area (Å²) in [5.74, 6) is 1.56. The first kappa shape index (κ1) is 15.3. The first-order valence-electron chi connectivity index (χ1n) is 6.25. The Morgan fingerprint density at radius 3 is 2.47 bits per heavy atom. The van der Waals surface area contributed by atoms with E-state index in [2.05, 4.69) is 10.6 Å². The zero-order valence-electron chi connectivity index (χ0n) is 12.0. The molecule has 0 unspecified atom stereocenters. The van der Waals surface area contributed by atoms with Gasteiger partial charge in [-0.15, -0.1) is 0 Å². The minimum Gasteiger partial charge on any atom is -0.496 e. The van der Waals surface area contributed by atoms with Crippen molar-refractivity contribution in [3.05, 3.63) is 23.3 Å². The molecular weight excluding hydrogens is 244 g/mol. The smallest absolute Gasteiger partial charge is 0.221 e. The summed E-state index contributed by atoms with van der Waals surface area (Å²) in [5, 5.41) is 5.80. The lowest BCUT2D eigenvalue weighted by Gasteiger charge is -2.13. The average Bonchev–Trinajstić information content (AvgIpc) is 2.43. The van der Waals surface area contributed by atoms with Crippen LogP contribution in [0.1, 0.15) is 17.5 Å². The number of benzene rings is 1. The molecule has 0 aliphatic heterocycles. The normalized spacial score (nSPS) is 10.1. The standard InChI is InChI=1S/C14H22N2O3/c1-10-7-13(19-4)11(8-12(10)18-3)9-16-14(17)5-6-15-2/h7-8,15H,5-6,9H2,1-4H3,(H,16,17). The van der Waals surface area contributed by atoms with Gasteiger partial charge in [-0.3, -0.25) is 4.79 Å². The molecular formula is C14H22N2O3. The zero-order valence-corrected chi connectivity index (χ0v) is 12.0. The molecule has 0 saturated carbocycles. The lowest BCUT2D eigenvalue weighted by molar-refractivity contribution is -0.121. The molecule has 0 fully saturated rings. The van der Waals surface area contributed by atoms with Crippen LogP contribution < -0.4 is 20.1 Å². The molecule has 0 aliphatic carbocycles. The van der Waals surface area contributed by atoms with Gasteiger partial charge in [0.2, 0.25) is 5.91 Å². The molecule has 1 aromatic carbocycles. The maximum absolute atomic E-state index is 11.6. The SMILES string of the molecule is CNCCC(=O)NCc1cc(OC)c(C)cc1OC. The van der Waals surface area contributed by atoms with Crippen LogP contribution in [0, 0.1) is 6.92 Å². The summed E-state index contributed by atoms with van der Waals surface area (Å²) in [5.41, 5.74) is 1.91. The summed E-state index contributed by atoms with van der Waals surface area (Å²) in [6, 6.07) is 3.81. The summed E-state index contributed by atoms with van der Waals surface area (Å²) >= 11 is 0. The molecule has 1 amide bonds. The summed E-state index contributed by atoms with van der Waals surface area (Å²) in [4.78, 5) is 11.6. The van der Waals surface area contributed by atoms with E-state index in [4.69, 9.17) is 9.47 Å². The van der Waals surface area contributed by atoms with Crippen LogP contribution in [0.25, 0.3) is 0 Å². The van der Waals surface area contributed by atoms with Crippen molar-refractivity contribution in [2.24, 2.45) is 0 Å². The predicted molar refractivity (Wildman–Crippen MR) is 74.7 cm³/mol. The van der Waals surface area contributed by atoms with E-state index in [9.17, 15) is 4.79 Å². The van der Waals surface area contributed by atoms with Gasteiger partial charge in [-0.05, 0) is 31.7 Å². The van der Waals surface area contributed by atoms with E-state index in [1.807, 2.05) is 26.1 Å². The number of hydrogen-bond donors (Lipinski definition) is 2. The highest BCUT2D eigenvalue weighted by Crippen LogP contribution is 2.28. The van der Waals surface area contributed by atoms with Crippen LogP contribution in [-0.4, -0.2) is 33.7 Å². The first-order valence-corrected chi connectivity index (χ1v) is 6.25. The number of carbonyl (C=O) groups excluding carboxylic acids is 1. The van der Waals surface area contributed by atoms with Crippen molar-refractivity contribution in [3.63, 3.8) is 0 Å². The molecule has 0 spiro atoms. The molecule has 1 rings (SSSR count). The molecule has 2 N–H and O–H groups in total. The second-order valence-corrected chi connectivity index (χ2v) is 4.26. The van der Waals surface area contributed by atoms with Crippen molar-refractivity contribution in [2.45, 2.75) is 19.9 Å². The maximum Gasteiger partial charge on any atom is 0.221 e. The number of carbonyl (C=O) groups is 1. The summed E-state index contributed by atoms with van der Waals surface area (Å²) in [6.07, 6.45) is 0.460. The molecule has 5 heteroatoms. The fraction of sp³-hybridized carbons (Fsp3) is 0.500. The molecule has 0 aliphatic rings. The van der Waals surface area contributed by atoms with Crippen LogP contribution in [0.4, 0.5) is 0 Å². The number of rotatable bonds is 7. The molecule has 106 valence electrons. The maximum atomic E-state index is 11.6. The van der Waals surface area contributed by atoms with Gasteiger partial charge in [0.25, 0.3) is 0 Å². The number of nitrogens with one attached hydrogen (secondary N) is 2. The Hall–Kier alpha value is -1.75. The van der Waals surface area contributed by atoms with Crippen molar-refractivity contribution < 1.29 is 14.3 Å². The van der Waals surface area contributed by atoms with Gasteiger partial charge < -0.3 is 20.1 Å². The van der Waals surface area contributed by atoms with Crippen LogP contribution in [0.3, 0.4) is 0 Å². The fourth-order valence-electron chi connectivity index (χ4n) is 1.77. The predicted octanol–water partition coefficient (Wildman–Crippen LogP) is 1.24. The van der Waals surface area contributed by atoms with E-state index < -0.39 is 0 Å². The van der Waals surface area contributed by atoms with Crippen LogP contribution >= 0.6 is 0 Å². The van der Waals surface area contributed by atoms with Crippen molar-refractivity contribution >= 4 is 5.91 Å². The Balaban J connectivity index is 2.73. The molecule has 0 saturated heterocycles. The van der Waals surface area contributed by atoms with Gasteiger partial charge in [-0.1, -0.05) is 0 Å². The lowest BCUT2D eigenvalue weighted by Crippen LogP contribution is -2.26. The van der Waals surface area contributed by atoms with Gasteiger partial charge in [0.1, 0.15) is 11.5 Å². The van der Waals surface area contributed by atoms with Gasteiger partial charge >= 0.3 is 0 Å². The Kier molecular flexibility index (Phi) is 6.15. The van der Waals surface area contributed by atoms with Crippen molar-refractivity contribution in [2.75, 3.05) is 27.8 Å². The minimum atomic E-state index is 0.0101. The second-order valence-electron chi connectivity index (χ2n) is 4.26. The first-order chi connectivity index (χ1) is 9.12. The van der Waals surface area contributed by atoms with Crippen molar-refractivity contribution in [1.29, 1.82) is 0 Å². The monoisotopic (exact) mass is 266 g/mol. The minimum absolute atomic E-state index is 0.0101. The van der Waals surface area contributed by atoms with Crippen LogP contribution in [0.5, 0.6) is 11.5 Å². The quantitative estimate of drug-likeness (QED) is 0.779. The summed E-state index contributed by atoms with van der Waals surface area (Å²) in [7, 11) is 5.07. The topological polar surface area (TPSA) is 59.6 Å². The van der Waals surface area contributed by atoms with Crippen molar-refractivity contribution in [3.8, 4) is 11.5 Å². The molecule has 1 aromatic rings. The second kappa shape index (κ2) is 7.63. The third-order valence-corrected chi connectivity index (χ3v) is 2.88. The van der Waals surface area contributed by atoms with E-state index in [1.54, 1.807) is 14.2 Å². The zero-order chi connectivity index (χ0) is 14.3. The van der Waals surface area contributed by atoms with Gasteiger partial charge in [0, 0.05) is 25.1 Å². The Bertz CT molecular complexity index is 433. The number of hydrogen-bond acceptors (Lipinski definition) is 4. The van der Waals surface area contributed by atoms with Gasteiger partial charge in [-0.25, -0.2) is 0 Å². The summed E-state index contributed by atoms with van der Waals surface area (Å²) in [6.45, 7) is 3.05.